The van der Waals surface area contributed by atoms with Gasteiger partial charge in [0.15, 0.2) is 0 Å². The van der Waals surface area contributed by atoms with Gasteiger partial charge in [-0.1, -0.05) is 0 Å². The summed E-state index contributed by atoms with van der Waals surface area (Å²) in [6, 6.07) is 4.74. The lowest BCUT2D eigenvalue weighted by Gasteiger charge is -2.34. The van der Waals surface area contributed by atoms with Crippen molar-refractivity contribution in [1.29, 1.82) is 5.41 Å². The monoisotopic (exact) mass is 251 g/mol. The van der Waals surface area contributed by atoms with E-state index in [1.807, 2.05) is 7.05 Å². The van der Waals surface area contributed by atoms with Gasteiger partial charge in [-0.15, -0.1) is 0 Å². The summed E-state index contributed by atoms with van der Waals surface area (Å²) in [5, 5.41) is 7.54. The number of nitrogens with zero attached hydrogens (tertiary/aromatic N) is 1. The number of anilines is 1. The predicted octanol–water partition coefficient (Wildman–Crippen LogP) is 1.72. The number of benzene rings is 1. The Labute approximate surface area is 106 Å². The summed E-state index contributed by atoms with van der Waals surface area (Å²) in [5.74, 6) is -0.479. The lowest BCUT2D eigenvalue weighted by atomic mass is 10.0. The van der Waals surface area contributed by atoms with E-state index in [1.54, 1.807) is 6.07 Å². The Hall–Kier alpha value is -1.62. The molecule has 2 rings (SSSR count). The molecule has 1 aromatic carbocycles. The van der Waals surface area contributed by atoms with E-state index in [4.69, 9.17) is 15.9 Å². The zero-order chi connectivity index (χ0) is 13.1. The molecule has 1 fully saturated rings. The van der Waals surface area contributed by atoms with Gasteiger partial charge in [-0.2, -0.15) is 0 Å². The van der Waals surface area contributed by atoms with Crippen molar-refractivity contribution in [3.05, 3.63) is 29.6 Å². The van der Waals surface area contributed by atoms with Crippen molar-refractivity contribution < 1.29 is 9.13 Å². The van der Waals surface area contributed by atoms with Crippen LogP contribution in [0.2, 0.25) is 0 Å². The van der Waals surface area contributed by atoms with Crippen LogP contribution in [0.3, 0.4) is 0 Å². The van der Waals surface area contributed by atoms with Gasteiger partial charge in [0.25, 0.3) is 0 Å². The maximum atomic E-state index is 13.2. The molecular formula is C13H18FN3O. The smallest absolute Gasteiger partial charge is 0.125 e. The molecule has 0 saturated carbocycles. The van der Waals surface area contributed by atoms with Crippen LogP contribution in [0.1, 0.15) is 18.4 Å². The highest BCUT2D eigenvalue weighted by Crippen LogP contribution is 2.25. The number of hydrogen-bond acceptors (Lipinski definition) is 3. The Balaban J connectivity index is 2.28. The van der Waals surface area contributed by atoms with Crippen molar-refractivity contribution in [2.45, 2.75) is 18.9 Å². The topological polar surface area (TPSA) is 62.3 Å². The fraction of sp³-hybridized carbons (Fsp3) is 0.462. The molecule has 0 radical (unpaired) electrons. The summed E-state index contributed by atoms with van der Waals surface area (Å²) in [7, 11) is 1.95. The van der Waals surface area contributed by atoms with Crippen molar-refractivity contribution in [1.82, 2.24) is 0 Å². The van der Waals surface area contributed by atoms with Gasteiger partial charge in [0.05, 0.1) is 0 Å². The fourth-order valence-corrected chi connectivity index (χ4v) is 2.30. The third-order valence-corrected chi connectivity index (χ3v) is 3.37. The van der Waals surface area contributed by atoms with Crippen LogP contribution in [0.15, 0.2) is 18.2 Å². The van der Waals surface area contributed by atoms with Crippen LogP contribution in [-0.2, 0) is 4.74 Å². The van der Waals surface area contributed by atoms with E-state index >= 15 is 0 Å². The molecule has 1 heterocycles. The minimum absolute atomic E-state index is 0.108. The molecule has 0 unspecified atom stereocenters. The number of halogens is 1. The van der Waals surface area contributed by atoms with Gasteiger partial charge in [0.2, 0.25) is 0 Å². The molecule has 0 aromatic heterocycles. The first-order chi connectivity index (χ1) is 8.59. The molecule has 1 saturated heterocycles. The second-order valence-electron chi connectivity index (χ2n) is 4.53. The Morgan fingerprint density at radius 2 is 2.11 bits per heavy atom. The van der Waals surface area contributed by atoms with Crippen molar-refractivity contribution in [2.75, 3.05) is 25.2 Å². The number of hydrogen-bond donors (Lipinski definition) is 2. The standard InChI is InChI=1S/C13H18FN3O/c1-17(10-4-6-18-7-5-10)12-3-2-9(14)8-11(12)13(15)16/h2-3,8,10H,4-7H2,1H3,(H3,15,16). The summed E-state index contributed by atoms with van der Waals surface area (Å²) in [4.78, 5) is 2.07. The quantitative estimate of drug-likeness (QED) is 0.635. The Kier molecular flexibility index (Phi) is 3.81. The van der Waals surface area contributed by atoms with Crippen molar-refractivity contribution in [2.24, 2.45) is 5.73 Å². The third-order valence-electron chi connectivity index (χ3n) is 3.37. The summed E-state index contributed by atoms with van der Waals surface area (Å²) < 4.78 is 18.6. The molecule has 18 heavy (non-hydrogen) atoms. The summed E-state index contributed by atoms with van der Waals surface area (Å²) in [6.07, 6.45) is 1.87. The zero-order valence-corrected chi connectivity index (χ0v) is 10.4. The van der Waals surface area contributed by atoms with E-state index in [1.165, 1.54) is 12.1 Å². The van der Waals surface area contributed by atoms with Crippen LogP contribution in [-0.4, -0.2) is 32.1 Å². The number of nitrogens with two attached hydrogens (primary N) is 1. The molecule has 0 atom stereocenters. The average Bonchev–Trinajstić information content (AvgIpc) is 2.39. The van der Waals surface area contributed by atoms with Gasteiger partial charge in [-0.3, -0.25) is 5.41 Å². The van der Waals surface area contributed by atoms with Crippen LogP contribution < -0.4 is 10.6 Å². The van der Waals surface area contributed by atoms with Gasteiger partial charge in [-0.25, -0.2) is 4.39 Å². The minimum atomic E-state index is -0.371. The number of amidine groups is 1. The van der Waals surface area contributed by atoms with Gasteiger partial charge in [-0.05, 0) is 31.0 Å². The molecule has 4 nitrogen and oxygen atoms in total. The van der Waals surface area contributed by atoms with E-state index in [0.717, 1.165) is 31.7 Å². The Morgan fingerprint density at radius 1 is 1.44 bits per heavy atom. The minimum Gasteiger partial charge on any atom is -0.384 e. The number of ether oxygens (including phenoxy) is 1. The second-order valence-corrected chi connectivity index (χ2v) is 4.53. The van der Waals surface area contributed by atoms with E-state index in [-0.39, 0.29) is 11.7 Å². The van der Waals surface area contributed by atoms with Gasteiger partial charge >= 0.3 is 0 Å². The number of rotatable bonds is 3. The molecule has 0 amide bonds. The van der Waals surface area contributed by atoms with Crippen LogP contribution in [0.25, 0.3) is 0 Å². The molecule has 5 heteroatoms. The zero-order valence-electron chi connectivity index (χ0n) is 10.4. The van der Waals surface area contributed by atoms with E-state index in [2.05, 4.69) is 4.90 Å². The molecule has 3 N–H and O–H groups in total. The summed E-state index contributed by atoms with van der Waals surface area (Å²) in [5.41, 5.74) is 6.77. The van der Waals surface area contributed by atoms with Crippen LogP contribution in [0.5, 0.6) is 0 Å². The molecule has 1 aliphatic heterocycles. The van der Waals surface area contributed by atoms with Crippen molar-refractivity contribution >= 4 is 11.5 Å². The molecule has 0 aliphatic carbocycles. The van der Waals surface area contributed by atoms with E-state index < -0.39 is 0 Å². The maximum absolute atomic E-state index is 13.2. The Morgan fingerprint density at radius 3 is 2.72 bits per heavy atom. The van der Waals surface area contributed by atoms with Gasteiger partial charge in [0.1, 0.15) is 11.7 Å². The molecule has 98 valence electrons. The number of nitrogen functional groups attached to an aromatic ring is 1. The van der Waals surface area contributed by atoms with Gasteiger partial charge < -0.3 is 15.4 Å². The molecule has 1 aromatic rings. The highest BCUT2D eigenvalue weighted by Gasteiger charge is 2.21. The van der Waals surface area contributed by atoms with Crippen LogP contribution in [0, 0.1) is 11.2 Å². The van der Waals surface area contributed by atoms with Crippen molar-refractivity contribution in [3.63, 3.8) is 0 Å². The lowest BCUT2D eigenvalue weighted by Crippen LogP contribution is -2.37. The normalized spacial score (nSPS) is 16.6. The summed E-state index contributed by atoms with van der Waals surface area (Å²) >= 11 is 0. The summed E-state index contributed by atoms with van der Waals surface area (Å²) in [6.45, 7) is 1.48. The highest BCUT2D eigenvalue weighted by atomic mass is 19.1. The van der Waals surface area contributed by atoms with Gasteiger partial charge in [0, 0.05) is 37.6 Å². The molecule has 1 aliphatic rings. The first-order valence-electron chi connectivity index (χ1n) is 6.04. The van der Waals surface area contributed by atoms with Crippen LogP contribution in [0.4, 0.5) is 10.1 Å². The SMILES string of the molecule is CN(c1ccc(F)cc1C(=N)N)C1CCOCC1. The molecule has 0 bridgehead atoms. The maximum Gasteiger partial charge on any atom is 0.125 e. The van der Waals surface area contributed by atoms with E-state index in [0.29, 0.717) is 11.6 Å². The second kappa shape index (κ2) is 5.35. The van der Waals surface area contributed by atoms with Crippen LogP contribution >= 0.6 is 0 Å². The molecular weight excluding hydrogens is 233 g/mol. The predicted molar refractivity (Wildman–Crippen MR) is 69.7 cm³/mol. The Bertz CT molecular complexity index is 444. The van der Waals surface area contributed by atoms with Crippen molar-refractivity contribution in [3.8, 4) is 0 Å². The number of nitrogens with one attached hydrogen (secondary N) is 1. The fourth-order valence-electron chi connectivity index (χ4n) is 2.30. The molecule has 0 spiro atoms. The largest absolute Gasteiger partial charge is 0.384 e. The average molecular weight is 251 g/mol. The first kappa shape index (κ1) is 12.8. The third kappa shape index (κ3) is 2.61. The lowest BCUT2D eigenvalue weighted by molar-refractivity contribution is 0.0855. The first-order valence-corrected chi connectivity index (χ1v) is 6.04. The highest BCUT2D eigenvalue weighted by molar-refractivity contribution is 6.00. The van der Waals surface area contributed by atoms with E-state index in [9.17, 15) is 4.39 Å².